The lowest BCUT2D eigenvalue weighted by Crippen LogP contribution is -2.39. The predicted octanol–water partition coefficient (Wildman–Crippen LogP) is 2.75. The number of benzene rings is 1. The van der Waals surface area contributed by atoms with Crippen LogP contribution in [0.15, 0.2) is 24.3 Å². The molecule has 2 aliphatic rings. The van der Waals surface area contributed by atoms with Crippen molar-refractivity contribution in [2.75, 3.05) is 26.2 Å². The van der Waals surface area contributed by atoms with Crippen LogP contribution in [0.2, 0.25) is 0 Å². The summed E-state index contributed by atoms with van der Waals surface area (Å²) in [6.45, 7) is 4.91. The van der Waals surface area contributed by atoms with Gasteiger partial charge in [0.1, 0.15) is 0 Å². The molecule has 2 heteroatoms. The van der Waals surface area contributed by atoms with E-state index in [0.29, 0.717) is 6.04 Å². The first-order valence-electron chi connectivity index (χ1n) is 7.47. The van der Waals surface area contributed by atoms with Gasteiger partial charge in [-0.2, -0.15) is 0 Å². The Morgan fingerprint density at radius 2 is 1.83 bits per heavy atom. The van der Waals surface area contributed by atoms with Crippen molar-refractivity contribution >= 4 is 0 Å². The number of hydrogen-bond acceptors (Lipinski definition) is 2. The highest BCUT2D eigenvalue weighted by atomic mass is 15.1. The van der Waals surface area contributed by atoms with Crippen molar-refractivity contribution in [3.63, 3.8) is 0 Å². The molecule has 0 bridgehead atoms. The van der Waals surface area contributed by atoms with Gasteiger partial charge < -0.3 is 10.2 Å². The maximum Gasteiger partial charge on any atom is 0.0452 e. The molecule has 0 aliphatic carbocycles. The smallest absolute Gasteiger partial charge is 0.0452 e. The normalized spacial score (nSPS) is 25.4. The summed E-state index contributed by atoms with van der Waals surface area (Å²) in [5, 5.41) is 3.70. The van der Waals surface area contributed by atoms with Crippen LogP contribution >= 0.6 is 0 Å². The third-order valence-corrected chi connectivity index (χ3v) is 4.36. The SMILES string of the molecule is c1ccc2c(c1)CCN[C@H]2CN1CCCCCC1. The number of nitrogens with one attached hydrogen (secondary N) is 1. The van der Waals surface area contributed by atoms with Crippen LogP contribution in [-0.4, -0.2) is 31.1 Å². The fraction of sp³-hybridized carbons (Fsp3) is 0.625. The molecule has 0 radical (unpaired) electrons. The molecular weight excluding hydrogens is 220 g/mol. The molecule has 1 N–H and O–H groups in total. The minimum Gasteiger partial charge on any atom is -0.309 e. The Labute approximate surface area is 110 Å². The van der Waals surface area contributed by atoms with E-state index in [4.69, 9.17) is 0 Å². The van der Waals surface area contributed by atoms with Crippen molar-refractivity contribution in [2.24, 2.45) is 0 Å². The van der Waals surface area contributed by atoms with Gasteiger partial charge in [0, 0.05) is 12.6 Å². The van der Waals surface area contributed by atoms with Gasteiger partial charge in [0.25, 0.3) is 0 Å². The van der Waals surface area contributed by atoms with Crippen LogP contribution in [0.3, 0.4) is 0 Å². The molecule has 0 aromatic heterocycles. The summed E-state index contributed by atoms with van der Waals surface area (Å²) in [5.74, 6) is 0. The monoisotopic (exact) mass is 244 g/mol. The number of likely N-dealkylation sites (tertiary alicyclic amines) is 1. The summed E-state index contributed by atoms with van der Waals surface area (Å²) < 4.78 is 0. The maximum absolute atomic E-state index is 3.70. The van der Waals surface area contributed by atoms with Crippen molar-refractivity contribution in [3.05, 3.63) is 35.4 Å². The van der Waals surface area contributed by atoms with E-state index in [1.807, 2.05) is 0 Å². The Balaban J connectivity index is 1.69. The second-order valence-corrected chi connectivity index (χ2v) is 5.67. The molecule has 2 heterocycles. The van der Waals surface area contributed by atoms with E-state index in [2.05, 4.69) is 34.5 Å². The zero-order valence-electron chi connectivity index (χ0n) is 11.2. The summed E-state index contributed by atoms with van der Waals surface area (Å²) >= 11 is 0. The molecule has 0 saturated carbocycles. The number of hydrogen-bond donors (Lipinski definition) is 1. The van der Waals surface area contributed by atoms with E-state index < -0.39 is 0 Å². The van der Waals surface area contributed by atoms with E-state index >= 15 is 0 Å². The quantitative estimate of drug-likeness (QED) is 0.860. The summed E-state index contributed by atoms with van der Waals surface area (Å²) in [4.78, 5) is 2.66. The molecule has 18 heavy (non-hydrogen) atoms. The molecule has 1 aromatic rings. The topological polar surface area (TPSA) is 15.3 Å². The summed E-state index contributed by atoms with van der Waals surface area (Å²) in [7, 11) is 0. The molecule has 0 unspecified atom stereocenters. The van der Waals surface area contributed by atoms with Crippen LogP contribution in [-0.2, 0) is 6.42 Å². The second-order valence-electron chi connectivity index (χ2n) is 5.67. The first-order valence-corrected chi connectivity index (χ1v) is 7.47. The molecule has 98 valence electrons. The van der Waals surface area contributed by atoms with Gasteiger partial charge in [-0.25, -0.2) is 0 Å². The van der Waals surface area contributed by atoms with Gasteiger partial charge in [-0.3, -0.25) is 0 Å². The molecule has 1 aromatic carbocycles. The Morgan fingerprint density at radius 3 is 2.67 bits per heavy atom. The maximum atomic E-state index is 3.70. The summed E-state index contributed by atoms with van der Waals surface area (Å²) in [5.41, 5.74) is 3.09. The lowest BCUT2D eigenvalue weighted by atomic mass is 9.94. The van der Waals surface area contributed by atoms with Crippen molar-refractivity contribution in [3.8, 4) is 0 Å². The molecule has 1 fully saturated rings. The predicted molar refractivity (Wildman–Crippen MR) is 75.8 cm³/mol. The highest BCUT2D eigenvalue weighted by molar-refractivity contribution is 5.32. The molecule has 0 spiro atoms. The molecule has 2 aliphatic heterocycles. The minimum absolute atomic E-state index is 0.549. The standard InChI is InChI=1S/C16H24N2/c1-2-6-12-18(11-5-1)13-16-15-8-4-3-7-14(15)9-10-17-16/h3-4,7-8,16-17H,1-2,5-6,9-13H2/t16-/m0/s1. The molecule has 1 atom stereocenters. The first kappa shape index (κ1) is 12.2. The molecule has 1 saturated heterocycles. The third-order valence-electron chi connectivity index (χ3n) is 4.36. The Kier molecular flexibility index (Phi) is 3.96. The average Bonchev–Trinajstić information content (AvgIpc) is 2.68. The average molecular weight is 244 g/mol. The third kappa shape index (κ3) is 2.76. The van der Waals surface area contributed by atoms with Crippen molar-refractivity contribution in [1.82, 2.24) is 10.2 Å². The highest BCUT2D eigenvalue weighted by Gasteiger charge is 2.21. The van der Waals surface area contributed by atoms with Gasteiger partial charge in [0.15, 0.2) is 0 Å². The van der Waals surface area contributed by atoms with Crippen molar-refractivity contribution in [1.29, 1.82) is 0 Å². The molecule has 0 amide bonds. The van der Waals surface area contributed by atoms with Crippen LogP contribution in [0.5, 0.6) is 0 Å². The van der Waals surface area contributed by atoms with E-state index in [1.165, 1.54) is 57.3 Å². The molecule has 2 nitrogen and oxygen atoms in total. The van der Waals surface area contributed by atoms with E-state index in [-0.39, 0.29) is 0 Å². The fourth-order valence-electron chi connectivity index (χ4n) is 3.33. The Morgan fingerprint density at radius 1 is 1.06 bits per heavy atom. The number of rotatable bonds is 2. The van der Waals surface area contributed by atoms with E-state index in [0.717, 1.165) is 6.54 Å². The van der Waals surface area contributed by atoms with E-state index in [1.54, 1.807) is 5.56 Å². The Bertz CT molecular complexity index is 380. The minimum atomic E-state index is 0.549. The molecular formula is C16H24N2. The largest absolute Gasteiger partial charge is 0.309 e. The fourth-order valence-corrected chi connectivity index (χ4v) is 3.33. The van der Waals surface area contributed by atoms with Crippen LogP contribution in [0.1, 0.15) is 42.9 Å². The summed E-state index contributed by atoms with van der Waals surface area (Å²) in [6, 6.07) is 9.51. The van der Waals surface area contributed by atoms with Gasteiger partial charge in [0.05, 0.1) is 0 Å². The van der Waals surface area contributed by atoms with Gasteiger partial charge >= 0.3 is 0 Å². The number of fused-ring (bicyclic) bond motifs is 1. The van der Waals surface area contributed by atoms with Crippen LogP contribution in [0, 0.1) is 0 Å². The lowest BCUT2D eigenvalue weighted by molar-refractivity contribution is 0.247. The highest BCUT2D eigenvalue weighted by Crippen LogP contribution is 2.24. The Hall–Kier alpha value is -0.860. The van der Waals surface area contributed by atoms with Crippen LogP contribution < -0.4 is 5.32 Å². The second kappa shape index (κ2) is 5.85. The summed E-state index contributed by atoms with van der Waals surface area (Å²) in [6.07, 6.45) is 6.80. The van der Waals surface area contributed by atoms with Gasteiger partial charge in [-0.1, -0.05) is 37.1 Å². The van der Waals surface area contributed by atoms with Crippen molar-refractivity contribution < 1.29 is 0 Å². The first-order chi connectivity index (χ1) is 8.93. The van der Waals surface area contributed by atoms with Gasteiger partial charge in [-0.15, -0.1) is 0 Å². The van der Waals surface area contributed by atoms with Gasteiger partial charge in [-0.05, 0) is 50.0 Å². The zero-order valence-corrected chi connectivity index (χ0v) is 11.2. The van der Waals surface area contributed by atoms with E-state index in [9.17, 15) is 0 Å². The number of nitrogens with zero attached hydrogens (tertiary/aromatic N) is 1. The zero-order chi connectivity index (χ0) is 12.2. The lowest BCUT2D eigenvalue weighted by Gasteiger charge is -2.31. The van der Waals surface area contributed by atoms with Crippen molar-refractivity contribution in [2.45, 2.75) is 38.1 Å². The van der Waals surface area contributed by atoms with Crippen LogP contribution in [0.4, 0.5) is 0 Å². The van der Waals surface area contributed by atoms with Crippen LogP contribution in [0.25, 0.3) is 0 Å². The van der Waals surface area contributed by atoms with Gasteiger partial charge in [0.2, 0.25) is 0 Å². The molecule has 3 rings (SSSR count).